The van der Waals surface area contributed by atoms with E-state index in [0.717, 1.165) is 10.8 Å². The normalized spacial score (nSPS) is 17.0. The van der Waals surface area contributed by atoms with E-state index in [9.17, 15) is 13.2 Å². The van der Waals surface area contributed by atoms with Gasteiger partial charge in [0, 0.05) is 16.0 Å². The molecule has 1 aliphatic heterocycles. The van der Waals surface area contributed by atoms with E-state index in [-0.39, 0.29) is 5.57 Å². The Hall–Kier alpha value is -1.59. The molecule has 0 N–H and O–H groups in total. The van der Waals surface area contributed by atoms with Crippen LogP contribution in [0.2, 0.25) is 5.02 Å². The van der Waals surface area contributed by atoms with Gasteiger partial charge in [0.25, 0.3) is 0 Å². The first-order valence-corrected chi connectivity index (χ1v) is 6.95. The number of hydrogen-bond acceptors (Lipinski definition) is 4. The number of rotatable bonds is 2. The molecule has 6 heteroatoms. The van der Waals surface area contributed by atoms with Crippen molar-refractivity contribution in [3.8, 4) is 0 Å². The van der Waals surface area contributed by atoms with Crippen LogP contribution in [0, 0.1) is 0 Å². The fourth-order valence-corrected chi connectivity index (χ4v) is 3.04. The Bertz CT molecular complexity index is 671. The molecule has 0 aromatic heterocycles. The van der Waals surface area contributed by atoms with Crippen LogP contribution in [0.3, 0.4) is 0 Å². The summed E-state index contributed by atoms with van der Waals surface area (Å²) in [4.78, 5) is 11.5. The van der Waals surface area contributed by atoms with Crippen LogP contribution in [0.5, 0.6) is 0 Å². The van der Waals surface area contributed by atoms with E-state index >= 15 is 0 Å². The summed E-state index contributed by atoms with van der Waals surface area (Å²) in [6, 6.07) is 6.61. The zero-order valence-electron chi connectivity index (χ0n) is 9.38. The van der Waals surface area contributed by atoms with E-state index in [4.69, 9.17) is 11.6 Å². The van der Waals surface area contributed by atoms with Gasteiger partial charge in [-0.2, -0.15) is 0 Å². The summed E-state index contributed by atoms with van der Waals surface area (Å²) in [5.41, 5.74) is 0.865. The minimum absolute atomic E-state index is 0.0137. The van der Waals surface area contributed by atoms with E-state index in [2.05, 4.69) is 4.74 Å². The number of benzene rings is 1. The minimum atomic E-state index is -3.53. The van der Waals surface area contributed by atoms with Crippen molar-refractivity contribution in [2.24, 2.45) is 0 Å². The first-order valence-electron chi connectivity index (χ1n) is 4.96. The number of halogens is 1. The smallest absolute Gasteiger partial charge is 0.339 e. The molecular formula is C12H9ClO4S. The lowest BCUT2D eigenvalue weighted by molar-refractivity contribution is -0.135. The van der Waals surface area contributed by atoms with Gasteiger partial charge in [0.15, 0.2) is 9.84 Å². The van der Waals surface area contributed by atoms with Crippen molar-refractivity contribution in [3.63, 3.8) is 0 Å². The number of carbonyl (C=O) groups is 1. The summed E-state index contributed by atoms with van der Waals surface area (Å²) in [6.07, 6.45) is 0. The molecule has 94 valence electrons. The van der Waals surface area contributed by atoms with Gasteiger partial charge in [-0.1, -0.05) is 23.7 Å². The van der Waals surface area contributed by atoms with Crippen LogP contribution in [0.1, 0.15) is 5.56 Å². The highest BCUT2D eigenvalue weighted by molar-refractivity contribution is 7.97. The van der Waals surface area contributed by atoms with Crippen molar-refractivity contribution in [1.82, 2.24) is 0 Å². The summed E-state index contributed by atoms with van der Waals surface area (Å²) < 4.78 is 27.6. The first kappa shape index (κ1) is 12.9. The van der Waals surface area contributed by atoms with Crippen LogP contribution >= 0.6 is 11.6 Å². The zero-order valence-corrected chi connectivity index (χ0v) is 11.0. The molecule has 1 aliphatic rings. The molecule has 0 bridgehead atoms. The highest BCUT2D eigenvalue weighted by Crippen LogP contribution is 2.32. The van der Waals surface area contributed by atoms with Crippen LogP contribution < -0.4 is 0 Å². The molecular weight excluding hydrogens is 276 g/mol. The summed E-state index contributed by atoms with van der Waals surface area (Å²) in [7, 11) is -2.33. The van der Waals surface area contributed by atoms with Gasteiger partial charge in [-0.3, -0.25) is 0 Å². The van der Waals surface area contributed by atoms with Crippen LogP contribution in [0.15, 0.2) is 40.7 Å². The maximum Gasteiger partial charge on any atom is 0.339 e. The lowest BCUT2D eigenvalue weighted by atomic mass is 10.0. The predicted molar refractivity (Wildman–Crippen MR) is 68.4 cm³/mol. The molecule has 0 saturated carbocycles. The SMILES string of the molecule is COC(=O)C1=CS(=O)(=O)C=C1c1cccc(Cl)c1. The molecule has 2 rings (SSSR count). The van der Waals surface area contributed by atoms with Crippen molar-refractivity contribution >= 4 is 33.0 Å². The Morgan fingerprint density at radius 1 is 1.28 bits per heavy atom. The third-order valence-electron chi connectivity index (χ3n) is 2.40. The molecule has 0 unspecified atom stereocenters. The lowest BCUT2D eigenvalue weighted by Gasteiger charge is -2.06. The van der Waals surface area contributed by atoms with Gasteiger partial charge in [0.05, 0.1) is 18.1 Å². The number of carbonyl (C=O) groups excluding carboxylic acids is 1. The summed E-state index contributed by atoms with van der Waals surface area (Å²) in [5.74, 6) is -0.692. The van der Waals surface area contributed by atoms with Crippen molar-refractivity contribution in [3.05, 3.63) is 51.2 Å². The van der Waals surface area contributed by atoms with Gasteiger partial charge in [0.1, 0.15) is 0 Å². The third kappa shape index (κ3) is 2.47. The molecule has 0 saturated heterocycles. The maximum absolute atomic E-state index is 11.5. The van der Waals surface area contributed by atoms with Crippen molar-refractivity contribution in [2.75, 3.05) is 7.11 Å². The topological polar surface area (TPSA) is 60.4 Å². The average molecular weight is 285 g/mol. The monoisotopic (exact) mass is 284 g/mol. The molecule has 0 radical (unpaired) electrons. The predicted octanol–water partition coefficient (Wildman–Crippen LogP) is 2.17. The average Bonchev–Trinajstić information content (AvgIpc) is 2.64. The largest absolute Gasteiger partial charge is 0.465 e. The van der Waals surface area contributed by atoms with E-state index in [1.807, 2.05) is 0 Å². The number of sulfone groups is 1. The van der Waals surface area contributed by atoms with Gasteiger partial charge in [0.2, 0.25) is 0 Å². The fraction of sp³-hybridized carbons (Fsp3) is 0.0833. The Balaban J connectivity index is 2.57. The van der Waals surface area contributed by atoms with Gasteiger partial charge in [-0.15, -0.1) is 0 Å². The van der Waals surface area contributed by atoms with E-state index < -0.39 is 15.8 Å². The Kier molecular flexibility index (Phi) is 3.28. The van der Waals surface area contributed by atoms with Gasteiger partial charge in [-0.05, 0) is 17.7 Å². The third-order valence-corrected chi connectivity index (χ3v) is 3.76. The molecule has 0 amide bonds. The van der Waals surface area contributed by atoms with E-state index in [0.29, 0.717) is 16.2 Å². The van der Waals surface area contributed by atoms with Gasteiger partial charge < -0.3 is 4.74 Å². The second-order valence-corrected chi connectivity index (χ2v) is 5.74. The lowest BCUT2D eigenvalue weighted by Crippen LogP contribution is -2.05. The summed E-state index contributed by atoms with van der Waals surface area (Å²) >= 11 is 5.84. The summed E-state index contributed by atoms with van der Waals surface area (Å²) in [5, 5.41) is 2.39. The molecule has 1 heterocycles. The van der Waals surface area contributed by atoms with Crippen LogP contribution in [-0.4, -0.2) is 21.5 Å². The van der Waals surface area contributed by atoms with Crippen LogP contribution in [-0.2, 0) is 19.4 Å². The van der Waals surface area contributed by atoms with Gasteiger partial charge in [-0.25, -0.2) is 13.2 Å². The molecule has 0 spiro atoms. The molecule has 18 heavy (non-hydrogen) atoms. The Labute approximate surface area is 109 Å². The Morgan fingerprint density at radius 3 is 2.61 bits per heavy atom. The standard InChI is InChI=1S/C12H9ClO4S/c1-17-12(14)11-7-18(15,16)6-10(11)8-3-2-4-9(13)5-8/h2-7H,1H3. The van der Waals surface area contributed by atoms with Gasteiger partial charge >= 0.3 is 5.97 Å². The molecule has 4 nitrogen and oxygen atoms in total. The second kappa shape index (κ2) is 4.59. The van der Waals surface area contributed by atoms with E-state index in [1.165, 1.54) is 7.11 Å². The molecule has 0 aliphatic carbocycles. The maximum atomic E-state index is 11.5. The van der Waals surface area contributed by atoms with Crippen molar-refractivity contribution in [2.45, 2.75) is 0 Å². The minimum Gasteiger partial charge on any atom is -0.465 e. The Morgan fingerprint density at radius 2 is 2.00 bits per heavy atom. The van der Waals surface area contributed by atoms with Crippen molar-refractivity contribution in [1.29, 1.82) is 0 Å². The quantitative estimate of drug-likeness (QED) is 0.781. The molecule has 1 aromatic carbocycles. The second-order valence-electron chi connectivity index (χ2n) is 3.65. The number of hydrogen-bond donors (Lipinski definition) is 0. The fourth-order valence-electron chi connectivity index (χ4n) is 1.64. The van der Waals surface area contributed by atoms with Crippen molar-refractivity contribution < 1.29 is 17.9 Å². The molecule has 0 fully saturated rings. The number of ether oxygens (including phenoxy) is 1. The number of methoxy groups -OCH3 is 1. The number of esters is 1. The zero-order chi connectivity index (χ0) is 13.3. The molecule has 0 atom stereocenters. The molecule has 1 aromatic rings. The summed E-state index contributed by atoms with van der Waals surface area (Å²) in [6.45, 7) is 0. The van der Waals surface area contributed by atoms with Crippen LogP contribution in [0.4, 0.5) is 0 Å². The highest BCUT2D eigenvalue weighted by atomic mass is 35.5. The van der Waals surface area contributed by atoms with E-state index in [1.54, 1.807) is 24.3 Å². The highest BCUT2D eigenvalue weighted by Gasteiger charge is 2.27. The first-order chi connectivity index (χ1) is 8.43. The van der Waals surface area contributed by atoms with Crippen LogP contribution in [0.25, 0.3) is 5.57 Å².